The van der Waals surface area contributed by atoms with E-state index in [1.807, 2.05) is 19.2 Å². The molecule has 0 bridgehead atoms. The largest absolute Gasteiger partial charge is 0.465 e. The fourth-order valence-corrected chi connectivity index (χ4v) is 2.92. The number of thiophene rings is 1. The molecule has 0 aliphatic heterocycles. The zero-order valence-corrected chi connectivity index (χ0v) is 12.4. The lowest BCUT2D eigenvalue weighted by atomic mass is 9.91. The Balaban J connectivity index is 2.92. The van der Waals surface area contributed by atoms with E-state index >= 15 is 0 Å². The molecule has 0 N–H and O–H groups in total. The summed E-state index contributed by atoms with van der Waals surface area (Å²) < 4.78 is 5.81. The lowest BCUT2D eigenvalue weighted by Gasteiger charge is -2.16. The molecule has 0 aromatic carbocycles. The smallest absolute Gasteiger partial charge is 0.317 e. The van der Waals surface area contributed by atoms with Crippen LogP contribution >= 0.6 is 27.3 Å². The van der Waals surface area contributed by atoms with Gasteiger partial charge in [-0.2, -0.15) is 0 Å². The molecule has 3 nitrogen and oxygen atoms in total. The highest BCUT2D eigenvalue weighted by molar-refractivity contribution is 9.10. The molecular formula is C12H15BrO3S. The van der Waals surface area contributed by atoms with Crippen LogP contribution in [0.3, 0.4) is 0 Å². The summed E-state index contributed by atoms with van der Waals surface area (Å²) in [5.41, 5.74) is 0. The van der Waals surface area contributed by atoms with Crippen LogP contribution in [0.2, 0.25) is 0 Å². The molecule has 0 saturated carbocycles. The van der Waals surface area contributed by atoms with E-state index in [-0.39, 0.29) is 11.7 Å². The Bertz CT molecular complexity index is 412. The minimum absolute atomic E-state index is 0.0672. The van der Waals surface area contributed by atoms with Crippen molar-refractivity contribution in [2.45, 2.75) is 20.8 Å². The highest BCUT2D eigenvalue weighted by Crippen LogP contribution is 2.26. The third-order valence-electron chi connectivity index (χ3n) is 2.30. The molecule has 5 heteroatoms. The van der Waals surface area contributed by atoms with E-state index in [1.54, 1.807) is 13.0 Å². The molecule has 0 saturated heterocycles. The van der Waals surface area contributed by atoms with Crippen LogP contribution in [0.5, 0.6) is 0 Å². The van der Waals surface area contributed by atoms with Crippen molar-refractivity contribution in [3.63, 3.8) is 0 Å². The summed E-state index contributed by atoms with van der Waals surface area (Å²) in [4.78, 5) is 24.5. The van der Waals surface area contributed by atoms with Gasteiger partial charge in [0, 0.05) is 9.85 Å². The molecule has 0 spiro atoms. The SMILES string of the molecule is CCOC(=O)C(C(=O)c1cc(Br)cs1)C(C)C. The second-order valence-corrected chi connectivity index (χ2v) is 5.79. The third-order valence-corrected chi connectivity index (χ3v) is 4.01. The predicted octanol–water partition coefficient (Wildman–Crippen LogP) is 3.53. The zero-order valence-electron chi connectivity index (χ0n) is 10.0. The van der Waals surface area contributed by atoms with E-state index in [9.17, 15) is 9.59 Å². The van der Waals surface area contributed by atoms with Gasteiger partial charge in [-0.25, -0.2) is 0 Å². The molecule has 94 valence electrons. The number of esters is 1. The maximum atomic E-state index is 12.2. The number of ether oxygens (including phenoxy) is 1. The lowest BCUT2D eigenvalue weighted by Crippen LogP contribution is -2.30. The summed E-state index contributed by atoms with van der Waals surface area (Å²) in [5.74, 6) is -1.37. The van der Waals surface area contributed by atoms with Gasteiger partial charge in [0.25, 0.3) is 0 Å². The van der Waals surface area contributed by atoms with Crippen molar-refractivity contribution < 1.29 is 14.3 Å². The maximum absolute atomic E-state index is 12.2. The van der Waals surface area contributed by atoms with Gasteiger partial charge in [0.05, 0.1) is 11.5 Å². The Labute approximate surface area is 113 Å². The van der Waals surface area contributed by atoms with Crippen LogP contribution in [0.15, 0.2) is 15.9 Å². The number of Topliss-reactive ketones (excluding diaryl/α,β-unsaturated/α-hetero) is 1. The summed E-state index contributed by atoms with van der Waals surface area (Å²) in [5, 5.41) is 1.83. The van der Waals surface area contributed by atoms with E-state index in [4.69, 9.17) is 4.74 Å². The number of hydrogen-bond donors (Lipinski definition) is 0. The molecule has 17 heavy (non-hydrogen) atoms. The summed E-state index contributed by atoms with van der Waals surface area (Å²) in [7, 11) is 0. The van der Waals surface area contributed by atoms with Crippen LogP contribution in [0.1, 0.15) is 30.4 Å². The Morgan fingerprint density at radius 1 is 1.47 bits per heavy atom. The highest BCUT2D eigenvalue weighted by Gasteiger charge is 2.32. The molecular weight excluding hydrogens is 304 g/mol. The van der Waals surface area contributed by atoms with Gasteiger partial charge in [-0.15, -0.1) is 11.3 Å². The third kappa shape index (κ3) is 3.64. The van der Waals surface area contributed by atoms with Gasteiger partial charge in [0.1, 0.15) is 5.92 Å². The number of halogens is 1. The fraction of sp³-hybridized carbons (Fsp3) is 0.500. The first-order valence-electron chi connectivity index (χ1n) is 5.42. The van der Waals surface area contributed by atoms with E-state index in [0.717, 1.165) is 4.47 Å². The number of carbonyl (C=O) groups is 2. The average molecular weight is 319 g/mol. The molecule has 1 aromatic heterocycles. The summed E-state index contributed by atoms with van der Waals surface area (Å²) >= 11 is 4.63. The Hall–Kier alpha value is -0.680. The topological polar surface area (TPSA) is 43.4 Å². The van der Waals surface area contributed by atoms with Gasteiger partial charge < -0.3 is 4.74 Å². The molecule has 0 fully saturated rings. The van der Waals surface area contributed by atoms with Gasteiger partial charge in [-0.05, 0) is 34.8 Å². The van der Waals surface area contributed by atoms with Crippen molar-refractivity contribution in [2.75, 3.05) is 6.61 Å². The molecule has 0 amide bonds. The Kier molecular flexibility index (Phi) is 5.33. The molecule has 1 atom stereocenters. The molecule has 1 rings (SSSR count). The van der Waals surface area contributed by atoms with E-state index < -0.39 is 11.9 Å². The van der Waals surface area contributed by atoms with Crippen molar-refractivity contribution >= 4 is 39.0 Å². The van der Waals surface area contributed by atoms with E-state index in [2.05, 4.69) is 15.9 Å². The van der Waals surface area contributed by atoms with Gasteiger partial charge in [-0.3, -0.25) is 9.59 Å². The summed E-state index contributed by atoms with van der Waals surface area (Å²) in [6, 6.07) is 1.74. The normalized spacial score (nSPS) is 12.5. The first kappa shape index (κ1) is 14.4. The monoisotopic (exact) mass is 318 g/mol. The van der Waals surface area contributed by atoms with Crippen LogP contribution < -0.4 is 0 Å². The van der Waals surface area contributed by atoms with Crippen molar-refractivity contribution in [3.05, 3.63) is 20.8 Å². The zero-order chi connectivity index (χ0) is 13.0. The summed E-state index contributed by atoms with van der Waals surface area (Å²) in [6.07, 6.45) is 0. The van der Waals surface area contributed by atoms with E-state index in [1.165, 1.54) is 11.3 Å². The number of carbonyl (C=O) groups excluding carboxylic acids is 2. The van der Waals surface area contributed by atoms with Gasteiger partial charge in [0.15, 0.2) is 5.78 Å². The van der Waals surface area contributed by atoms with Crippen molar-refractivity contribution in [1.29, 1.82) is 0 Å². The standard InChI is InChI=1S/C12H15BrO3S/c1-4-16-12(15)10(7(2)3)11(14)9-5-8(13)6-17-9/h5-7,10H,4H2,1-3H3. The van der Waals surface area contributed by atoms with Crippen molar-refractivity contribution in [1.82, 2.24) is 0 Å². The average Bonchev–Trinajstić information content (AvgIpc) is 2.64. The number of rotatable bonds is 5. The van der Waals surface area contributed by atoms with Crippen LogP contribution in [0.25, 0.3) is 0 Å². The molecule has 1 unspecified atom stereocenters. The van der Waals surface area contributed by atoms with Crippen LogP contribution in [-0.2, 0) is 9.53 Å². The van der Waals surface area contributed by atoms with Crippen LogP contribution in [-0.4, -0.2) is 18.4 Å². The van der Waals surface area contributed by atoms with Crippen LogP contribution in [0, 0.1) is 11.8 Å². The second-order valence-electron chi connectivity index (χ2n) is 3.97. The molecule has 0 aliphatic rings. The lowest BCUT2D eigenvalue weighted by molar-refractivity contribution is -0.147. The van der Waals surface area contributed by atoms with E-state index in [0.29, 0.717) is 11.5 Å². The fourth-order valence-electron chi connectivity index (χ4n) is 1.51. The van der Waals surface area contributed by atoms with Gasteiger partial charge >= 0.3 is 5.97 Å². The van der Waals surface area contributed by atoms with Gasteiger partial charge in [-0.1, -0.05) is 13.8 Å². The van der Waals surface area contributed by atoms with Crippen molar-refractivity contribution in [3.8, 4) is 0 Å². The minimum Gasteiger partial charge on any atom is -0.465 e. The van der Waals surface area contributed by atoms with Crippen molar-refractivity contribution in [2.24, 2.45) is 11.8 Å². The molecule has 0 radical (unpaired) electrons. The number of ketones is 1. The van der Waals surface area contributed by atoms with Crippen LogP contribution in [0.4, 0.5) is 0 Å². The Morgan fingerprint density at radius 2 is 2.12 bits per heavy atom. The number of hydrogen-bond acceptors (Lipinski definition) is 4. The maximum Gasteiger partial charge on any atom is 0.317 e. The van der Waals surface area contributed by atoms with Gasteiger partial charge in [0.2, 0.25) is 0 Å². The quantitative estimate of drug-likeness (QED) is 0.474. The first-order chi connectivity index (χ1) is 7.97. The Morgan fingerprint density at radius 3 is 2.53 bits per heavy atom. The molecule has 0 aliphatic carbocycles. The predicted molar refractivity (Wildman–Crippen MR) is 71.3 cm³/mol. The first-order valence-corrected chi connectivity index (χ1v) is 7.09. The highest BCUT2D eigenvalue weighted by atomic mass is 79.9. The minimum atomic E-state index is -0.708. The molecule has 1 aromatic rings. The molecule has 1 heterocycles. The second kappa shape index (κ2) is 6.31. The summed E-state index contributed by atoms with van der Waals surface area (Å²) in [6.45, 7) is 5.73.